The van der Waals surface area contributed by atoms with Gasteiger partial charge in [-0.05, 0) is 35.4 Å². The Balaban J connectivity index is 1.93. The van der Waals surface area contributed by atoms with Crippen molar-refractivity contribution in [2.24, 2.45) is 5.14 Å². The fourth-order valence-electron chi connectivity index (χ4n) is 4.09. The number of hydrogen-bond acceptors (Lipinski definition) is 6. The third-order valence-electron chi connectivity index (χ3n) is 5.48. The first-order chi connectivity index (χ1) is 15.2. The maximum atomic E-state index is 11.7. The van der Waals surface area contributed by atoms with Crippen LogP contribution >= 0.6 is 0 Å². The van der Waals surface area contributed by atoms with Gasteiger partial charge in [0.1, 0.15) is 11.9 Å². The van der Waals surface area contributed by atoms with Crippen LogP contribution in [0.5, 0.6) is 17.2 Å². The van der Waals surface area contributed by atoms with Crippen LogP contribution in [0.3, 0.4) is 0 Å². The van der Waals surface area contributed by atoms with Gasteiger partial charge in [0.2, 0.25) is 10.0 Å². The van der Waals surface area contributed by atoms with Gasteiger partial charge in [-0.3, -0.25) is 0 Å². The molecule has 1 heterocycles. The number of ether oxygens (including phenoxy) is 3. The second-order valence-corrected chi connectivity index (χ2v) is 9.50. The lowest BCUT2D eigenvalue weighted by molar-refractivity contribution is 0.242. The smallest absolute Gasteiger partial charge is 0.213 e. The van der Waals surface area contributed by atoms with Crippen LogP contribution in [-0.2, 0) is 15.8 Å². The molecule has 32 heavy (non-hydrogen) atoms. The molecule has 0 fully saturated rings. The van der Waals surface area contributed by atoms with E-state index >= 15 is 0 Å². The van der Waals surface area contributed by atoms with Crippen molar-refractivity contribution >= 4 is 15.7 Å². The van der Waals surface area contributed by atoms with E-state index in [1.807, 2.05) is 67.5 Å². The predicted octanol–water partition coefficient (Wildman–Crippen LogP) is 3.71. The molecule has 3 aromatic carbocycles. The van der Waals surface area contributed by atoms with Gasteiger partial charge >= 0.3 is 0 Å². The summed E-state index contributed by atoms with van der Waals surface area (Å²) in [7, 11) is 3.45. The van der Waals surface area contributed by atoms with Gasteiger partial charge in [-0.1, -0.05) is 30.3 Å². The first-order valence-corrected chi connectivity index (χ1v) is 11.8. The van der Waals surface area contributed by atoms with Crippen LogP contribution in [-0.4, -0.2) is 36.7 Å². The van der Waals surface area contributed by atoms with E-state index in [9.17, 15) is 8.42 Å². The number of sulfonamides is 1. The molecule has 7 nitrogen and oxygen atoms in total. The number of primary sulfonamides is 1. The molecule has 2 N–H and O–H groups in total. The van der Waals surface area contributed by atoms with Crippen LogP contribution in [0.1, 0.15) is 22.8 Å². The average Bonchev–Trinajstić information content (AvgIpc) is 2.76. The Labute approximate surface area is 188 Å². The highest BCUT2D eigenvalue weighted by Gasteiger charge is 2.30. The summed E-state index contributed by atoms with van der Waals surface area (Å²) in [5, 5.41) is 5.30. The molecular weight excluding hydrogens is 428 g/mol. The molecule has 1 unspecified atom stereocenters. The van der Waals surface area contributed by atoms with Crippen LogP contribution in [0.2, 0.25) is 0 Å². The molecule has 1 aliphatic heterocycles. The van der Waals surface area contributed by atoms with E-state index in [-0.39, 0.29) is 5.75 Å². The fourth-order valence-corrected chi connectivity index (χ4v) is 4.74. The Bertz CT molecular complexity index is 1270. The summed E-state index contributed by atoms with van der Waals surface area (Å²) in [5.41, 5.74) is 5.28. The van der Waals surface area contributed by atoms with Gasteiger partial charge in [0.25, 0.3) is 0 Å². The molecule has 0 saturated carbocycles. The Kier molecular flexibility index (Phi) is 5.75. The van der Waals surface area contributed by atoms with E-state index in [0.29, 0.717) is 17.1 Å². The Hall–Kier alpha value is -3.23. The summed E-state index contributed by atoms with van der Waals surface area (Å²) in [6.45, 7) is 0. The third-order valence-corrected chi connectivity index (χ3v) is 6.21. The molecule has 1 atom stereocenters. The minimum Gasteiger partial charge on any atom is -0.493 e. The standard InChI is InChI=1S/C24H26N2O5S/c1-26(2)19-6-5-7-21-23(19)17-10-8-15(14-32(25,27)28)12-18(17)24(31-21)16-9-11-20(29-3)22(13-16)30-4/h5-13,24H,14H2,1-4H3,(H2,25,27,28). The van der Waals surface area contributed by atoms with Gasteiger partial charge in [-0.25, -0.2) is 13.6 Å². The minimum absolute atomic E-state index is 0.249. The summed E-state index contributed by atoms with van der Waals surface area (Å²) < 4.78 is 40.8. The first-order valence-electron chi connectivity index (χ1n) is 10.0. The molecule has 168 valence electrons. The molecule has 0 amide bonds. The number of nitrogens with zero attached hydrogens (tertiary/aromatic N) is 1. The number of hydrogen-bond donors (Lipinski definition) is 1. The molecule has 0 saturated heterocycles. The Morgan fingerprint density at radius 3 is 2.41 bits per heavy atom. The summed E-state index contributed by atoms with van der Waals surface area (Å²) in [4.78, 5) is 2.03. The predicted molar refractivity (Wildman–Crippen MR) is 125 cm³/mol. The summed E-state index contributed by atoms with van der Waals surface area (Å²) in [5.74, 6) is 1.71. The van der Waals surface area contributed by atoms with E-state index in [1.54, 1.807) is 20.3 Å². The lowest BCUT2D eigenvalue weighted by atomic mass is 9.87. The first kappa shape index (κ1) is 22.0. The van der Waals surface area contributed by atoms with Crippen molar-refractivity contribution in [3.05, 3.63) is 71.3 Å². The summed E-state index contributed by atoms with van der Waals surface area (Å²) in [6.07, 6.45) is -0.463. The second-order valence-electron chi connectivity index (χ2n) is 7.89. The average molecular weight is 455 g/mol. The van der Waals surface area contributed by atoms with E-state index < -0.39 is 16.1 Å². The van der Waals surface area contributed by atoms with Crippen molar-refractivity contribution in [1.29, 1.82) is 0 Å². The van der Waals surface area contributed by atoms with E-state index in [2.05, 4.69) is 0 Å². The largest absolute Gasteiger partial charge is 0.493 e. The van der Waals surface area contributed by atoms with Crippen molar-refractivity contribution in [3.8, 4) is 28.4 Å². The van der Waals surface area contributed by atoms with E-state index in [0.717, 1.165) is 33.7 Å². The zero-order valence-electron chi connectivity index (χ0n) is 18.5. The second kappa shape index (κ2) is 8.37. The highest BCUT2D eigenvalue weighted by atomic mass is 32.2. The lowest BCUT2D eigenvalue weighted by Gasteiger charge is -2.32. The lowest BCUT2D eigenvalue weighted by Crippen LogP contribution is -2.19. The van der Waals surface area contributed by atoms with Crippen LogP contribution in [0.4, 0.5) is 5.69 Å². The topological polar surface area (TPSA) is 91.1 Å². The van der Waals surface area contributed by atoms with Crippen molar-refractivity contribution < 1.29 is 22.6 Å². The van der Waals surface area contributed by atoms with Crippen LogP contribution in [0.25, 0.3) is 11.1 Å². The molecule has 0 aromatic heterocycles. The maximum Gasteiger partial charge on any atom is 0.213 e. The molecule has 0 bridgehead atoms. The van der Waals surface area contributed by atoms with E-state index in [4.69, 9.17) is 19.3 Å². The quantitative estimate of drug-likeness (QED) is 0.611. The van der Waals surface area contributed by atoms with Gasteiger partial charge in [-0.15, -0.1) is 0 Å². The minimum atomic E-state index is -3.67. The molecule has 4 rings (SSSR count). The van der Waals surface area contributed by atoms with E-state index in [1.165, 1.54) is 0 Å². The van der Waals surface area contributed by atoms with Gasteiger partial charge in [0, 0.05) is 36.5 Å². The number of nitrogens with two attached hydrogens (primary N) is 1. The number of benzene rings is 3. The molecule has 0 spiro atoms. The number of fused-ring (bicyclic) bond motifs is 3. The molecular formula is C24H26N2O5S. The van der Waals surface area contributed by atoms with Crippen molar-refractivity contribution in [3.63, 3.8) is 0 Å². The van der Waals surface area contributed by atoms with Crippen LogP contribution < -0.4 is 24.2 Å². The van der Waals surface area contributed by atoms with Gasteiger partial charge in [0.15, 0.2) is 11.5 Å². The zero-order valence-corrected chi connectivity index (χ0v) is 19.3. The van der Waals surface area contributed by atoms with Crippen LogP contribution in [0.15, 0.2) is 54.6 Å². The monoisotopic (exact) mass is 454 g/mol. The van der Waals surface area contributed by atoms with Crippen LogP contribution in [0, 0.1) is 0 Å². The Morgan fingerprint density at radius 1 is 1.00 bits per heavy atom. The van der Waals surface area contributed by atoms with Crippen molar-refractivity contribution in [1.82, 2.24) is 0 Å². The third kappa shape index (κ3) is 4.11. The molecule has 0 radical (unpaired) electrons. The fraction of sp³-hybridized carbons (Fsp3) is 0.250. The highest BCUT2D eigenvalue weighted by Crippen LogP contribution is 2.49. The van der Waals surface area contributed by atoms with Crippen molar-refractivity contribution in [2.75, 3.05) is 33.2 Å². The van der Waals surface area contributed by atoms with Crippen molar-refractivity contribution in [2.45, 2.75) is 11.9 Å². The zero-order chi connectivity index (χ0) is 23.0. The molecule has 3 aromatic rings. The summed E-state index contributed by atoms with van der Waals surface area (Å²) >= 11 is 0. The molecule has 1 aliphatic rings. The molecule has 0 aliphatic carbocycles. The normalized spacial score (nSPS) is 14.7. The van der Waals surface area contributed by atoms with Gasteiger partial charge < -0.3 is 19.1 Å². The maximum absolute atomic E-state index is 11.7. The molecule has 8 heteroatoms. The number of rotatable bonds is 6. The summed E-state index contributed by atoms with van der Waals surface area (Å²) in [6, 6.07) is 17.2. The van der Waals surface area contributed by atoms with Gasteiger partial charge in [-0.2, -0.15) is 0 Å². The number of anilines is 1. The highest BCUT2D eigenvalue weighted by molar-refractivity contribution is 7.88. The Morgan fingerprint density at radius 2 is 1.75 bits per heavy atom. The number of methoxy groups -OCH3 is 2. The SMILES string of the molecule is COc1ccc(C2Oc3cccc(N(C)C)c3-c3ccc(CS(N)(=O)=O)cc32)cc1OC. The van der Waals surface area contributed by atoms with Gasteiger partial charge in [0.05, 0.1) is 20.0 Å².